The lowest BCUT2D eigenvalue weighted by Gasteiger charge is -2.29. The molecule has 0 saturated carbocycles. The predicted molar refractivity (Wildman–Crippen MR) is 83.6 cm³/mol. The zero-order valence-electron chi connectivity index (χ0n) is 12.4. The van der Waals surface area contributed by atoms with Crippen LogP contribution in [0.15, 0.2) is 17.0 Å². The number of nitrogens with one attached hydrogen (secondary N) is 1. The summed E-state index contributed by atoms with van der Waals surface area (Å²) in [6.07, 6.45) is 2.00. The third kappa shape index (κ3) is 3.87. The molecule has 2 rings (SSSR count). The van der Waals surface area contributed by atoms with Crippen molar-refractivity contribution in [3.05, 3.63) is 17.7 Å². The van der Waals surface area contributed by atoms with Crippen LogP contribution in [0.2, 0.25) is 0 Å². The van der Waals surface area contributed by atoms with E-state index in [1.807, 2.05) is 0 Å². The summed E-state index contributed by atoms with van der Waals surface area (Å²) in [6.45, 7) is 5.37. The largest absolute Gasteiger partial charge is 0.399 e. The van der Waals surface area contributed by atoms with Crippen molar-refractivity contribution in [3.63, 3.8) is 0 Å². The van der Waals surface area contributed by atoms with Gasteiger partial charge in [-0.15, -0.1) is 0 Å². The van der Waals surface area contributed by atoms with Crippen molar-refractivity contribution >= 4 is 21.4 Å². The van der Waals surface area contributed by atoms with Crippen LogP contribution in [0.25, 0.3) is 0 Å². The molecule has 0 radical (unpaired) electrons. The minimum absolute atomic E-state index is 0.0733. The van der Waals surface area contributed by atoms with Crippen molar-refractivity contribution in [2.24, 2.45) is 11.1 Å². The van der Waals surface area contributed by atoms with Gasteiger partial charge in [0.25, 0.3) is 0 Å². The highest BCUT2D eigenvalue weighted by molar-refractivity contribution is 7.89. The van der Waals surface area contributed by atoms with Crippen molar-refractivity contribution in [3.8, 4) is 0 Å². The van der Waals surface area contributed by atoms with E-state index in [0.717, 1.165) is 31.7 Å². The number of hydrogen-bond acceptors (Lipinski definition) is 5. The molecule has 5 N–H and O–H groups in total. The van der Waals surface area contributed by atoms with Crippen LogP contribution in [0, 0.1) is 12.8 Å². The number of nitrogen functional groups attached to an aromatic ring is 1. The number of sulfonamides is 1. The summed E-state index contributed by atoms with van der Waals surface area (Å²) in [6, 6.07) is 3.36. The molecule has 0 aliphatic carbocycles. The van der Waals surface area contributed by atoms with Gasteiger partial charge in [0.15, 0.2) is 0 Å². The molecule has 6 nitrogen and oxygen atoms in total. The highest BCUT2D eigenvalue weighted by Crippen LogP contribution is 2.29. The number of rotatable bonds is 4. The molecule has 0 amide bonds. The Morgan fingerprint density at radius 2 is 1.95 bits per heavy atom. The third-order valence-electron chi connectivity index (χ3n) is 4.05. The molecule has 1 aromatic carbocycles. The number of benzene rings is 1. The Hall–Kier alpha value is -1.31. The Kier molecular flexibility index (Phi) is 4.75. The second-order valence-corrected chi connectivity index (χ2v) is 7.15. The number of nitrogens with two attached hydrogens (primary N) is 2. The first-order valence-corrected chi connectivity index (χ1v) is 8.61. The van der Waals surface area contributed by atoms with Gasteiger partial charge in [-0.05, 0) is 50.3 Å². The van der Waals surface area contributed by atoms with Crippen LogP contribution in [0.1, 0.15) is 25.3 Å². The Balaban J connectivity index is 2.25. The highest BCUT2D eigenvalue weighted by Gasteiger charge is 2.22. The fourth-order valence-electron chi connectivity index (χ4n) is 2.73. The van der Waals surface area contributed by atoms with Crippen molar-refractivity contribution in [1.82, 2.24) is 0 Å². The van der Waals surface area contributed by atoms with E-state index in [4.69, 9.17) is 15.6 Å². The maximum Gasteiger partial charge on any atom is 0.238 e. The summed E-state index contributed by atoms with van der Waals surface area (Å²) in [4.78, 5) is 0.0733. The lowest BCUT2D eigenvalue weighted by atomic mass is 9.92. The molecule has 7 heteroatoms. The van der Waals surface area contributed by atoms with Gasteiger partial charge in [-0.3, -0.25) is 0 Å². The molecule has 1 fully saturated rings. The lowest BCUT2D eigenvalue weighted by molar-refractivity contribution is 0.0622. The van der Waals surface area contributed by atoms with Crippen LogP contribution >= 0.6 is 0 Å². The SMILES string of the molecule is Cc1c(NC(C)C2CCOCC2)cc(N)cc1S(N)(=O)=O. The number of anilines is 2. The van der Waals surface area contributed by atoms with Crippen molar-refractivity contribution in [2.45, 2.75) is 37.6 Å². The molecule has 0 spiro atoms. The van der Waals surface area contributed by atoms with E-state index in [1.165, 1.54) is 6.07 Å². The van der Waals surface area contributed by atoms with E-state index >= 15 is 0 Å². The van der Waals surface area contributed by atoms with Crippen LogP contribution in [-0.4, -0.2) is 27.7 Å². The number of primary sulfonamides is 1. The predicted octanol–water partition coefficient (Wildman–Crippen LogP) is 1.45. The quantitative estimate of drug-likeness (QED) is 0.729. The number of ether oxygens (including phenoxy) is 1. The molecule has 1 atom stereocenters. The van der Waals surface area contributed by atoms with Crippen LogP contribution in [-0.2, 0) is 14.8 Å². The molecule has 1 heterocycles. The maximum absolute atomic E-state index is 11.6. The minimum Gasteiger partial charge on any atom is -0.399 e. The summed E-state index contributed by atoms with van der Waals surface area (Å²) in [7, 11) is -3.78. The molecule has 1 saturated heterocycles. The van der Waals surface area contributed by atoms with Gasteiger partial charge in [0.1, 0.15) is 0 Å². The monoisotopic (exact) mass is 313 g/mol. The van der Waals surface area contributed by atoms with E-state index in [0.29, 0.717) is 17.2 Å². The normalized spacial score (nSPS) is 18.4. The van der Waals surface area contributed by atoms with Gasteiger partial charge in [0, 0.05) is 30.6 Å². The third-order valence-corrected chi connectivity index (χ3v) is 5.08. The minimum atomic E-state index is -3.78. The van der Waals surface area contributed by atoms with Gasteiger partial charge in [-0.1, -0.05) is 0 Å². The first kappa shape index (κ1) is 16.1. The van der Waals surface area contributed by atoms with E-state index in [1.54, 1.807) is 13.0 Å². The van der Waals surface area contributed by atoms with Gasteiger partial charge in [0.05, 0.1) is 4.90 Å². The zero-order valence-corrected chi connectivity index (χ0v) is 13.2. The molecule has 0 aromatic heterocycles. The van der Waals surface area contributed by atoms with Crippen LogP contribution in [0.4, 0.5) is 11.4 Å². The highest BCUT2D eigenvalue weighted by atomic mass is 32.2. The maximum atomic E-state index is 11.6. The summed E-state index contributed by atoms with van der Waals surface area (Å²) >= 11 is 0. The van der Waals surface area contributed by atoms with Gasteiger partial charge >= 0.3 is 0 Å². The standard InChI is InChI=1S/C14H23N3O3S/c1-9-13(7-12(15)8-14(9)21(16,18)19)17-10(2)11-3-5-20-6-4-11/h7-8,10-11,17H,3-6,15H2,1-2H3,(H2,16,18,19). The van der Waals surface area contributed by atoms with E-state index in [-0.39, 0.29) is 10.9 Å². The molecule has 1 unspecified atom stereocenters. The summed E-state index contributed by atoms with van der Waals surface area (Å²) in [5.41, 5.74) is 7.50. The summed E-state index contributed by atoms with van der Waals surface area (Å²) in [5.74, 6) is 0.498. The van der Waals surface area contributed by atoms with Crippen molar-refractivity contribution in [1.29, 1.82) is 0 Å². The van der Waals surface area contributed by atoms with Crippen molar-refractivity contribution in [2.75, 3.05) is 24.3 Å². The zero-order chi connectivity index (χ0) is 15.6. The van der Waals surface area contributed by atoms with E-state index in [2.05, 4.69) is 12.2 Å². The molecule has 118 valence electrons. The summed E-state index contributed by atoms with van der Waals surface area (Å²) in [5, 5.41) is 8.62. The van der Waals surface area contributed by atoms with Gasteiger partial charge in [0.2, 0.25) is 10.0 Å². The lowest BCUT2D eigenvalue weighted by Crippen LogP contribution is -2.31. The molecule has 21 heavy (non-hydrogen) atoms. The van der Waals surface area contributed by atoms with Gasteiger partial charge in [-0.2, -0.15) is 0 Å². The average Bonchev–Trinajstić information content (AvgIpc) is 2.42. The van der Waals surface area contributed by atoms with Gasteiger partial charge < -0.3 is 15.8 Å². The van der Waals surface area contributed by atoms with E-state index < -0.39 is 10.0 Å². The second-order valence-electron chi connectivity index (χ2n) is 5.62. The van der Waals surface area contributed by atoms with Crippen LogP contribution < -0.4 is 16.2 Å². The Bertz CT molecular complexity index is 610. The molecular weight excluding hydrogens is 290 g/mol. The Morgan fingerprint density at radius 1 is 1.33 bits per heavy atom. The molecule has 1 aliphatic rings. The molecule has 0 bridgehead atoms. The first-order chi connectivity index (χ1) is 9.79. The first-order valence-electron chi connectivity index (χ1n) is 7.06. The Morgan fingerprint density at radius 3 is 2.52 bits per heavy atom. The van der Waals surface area contributed by atoms with Crippen molar-refractivity contribution < 1.29 is 13.2 Å². The molecule has 1 aliphatic heterocycles. The second kappa shape index (κ2) is 6.21. The smallest absolute Gasteiger partial charge is 0.238 e. The Labute approximate surface area is 125 Å². The van der Waals surface area contributed by atoms with Gasteiger partial charge in [-0.25, -0.2) is 13.6 Å². The fraction of sp³-hybridized carbons (Fsp3) is 0.571. The van der Waals surface area contributed by atoms with E-state index in [9.17, 15) is 8.42 Å². The fourth-order valence-corrected chi connectivity index (χ4v) is 3.57. The summed E-state index contributed by atoms with van der Waals surface area (Å²) < 4.78 is 28.6. The average molecular weight is 313 g/mol. The molecular formula is C14H23N3O3S. The topological polar surface area (TPSA) is 107 Å². The molecule has 1 aromatic rings. The van der Waals surface area contributed by atoms with Crippen LogP contribution in [0.5, 0.6) is 0 Å². The van der Waals surface area contributed by atoms with Crippen LogP contribution in [0.3, 0.4) is 0 Å². The number of hydrogen-bond donors (Lipinski definition) is 3.